The number of hydroxylamine groups is 4. The summed E-state index contributed by atoms with van der Waals surface area (Å²) in [6.07, 6.45) is 1.53. The molecule has 5 heteroatoms. The maximum Gasteiger partial charge on any atom is 0.256 e. The van der Waals surface area contributed by atoms with Gasteiger partial charge in [-0.25, -0.2) is 0 Å². The number of aldehydes is 1. The van der Waals surface area contributed by atoms with Gasteiger partial charge in [-0.15, -0.1) is 0 Å². The Morgan fingerprint density at radius 2 is 1.86 bits per heavy atom. The van der Waals surface area contributed by atoms with Gasteiger partial charge in [0.25, 0.3) is 11.5 Å². The van der Waals surface area contributed by atoms with Crippen LogP contribution in [0.1, 0.15) is 37.0 Å². The van der Waals surface area contributed by atoms with E-state index in [9.17, 15) is 20.0 Å². The predicted molar refractivity (Wildman–Crippen MR) is 75.3 cm³/mol. The highest BCUT2D eigenvalue weighted by Gasteiger charge is 2.49. The molecule has 110 valence electrons. The number of hydrogen-bond acceptors (Lipinski definition) is 4. The van der Waals surface area contributed by atoms with Crippen LogP contribution >= 0.6 is 0 Å². The van der Waals surface area contributed by atoms with Crippen molar-refractivity contribution in [2.45, 2.75) is 26.7 Å². The lowest BCUT2D eigenvalue weighted by molar-refractivity contribution is -1.19. The van der Waals surface area contributed by atoms with Crippen molar-refractivity contribution in [3.63, 3.8) is 0 Å². The summed E-state index contributed by atoms with van der Waals surface area (Å²) in [5.41, 5.74) is 0.810. The molecule has 1 aliphatic heterocycles. The summed E-state index contributed by atoms with van der Waals surface area (Å²) >= 11 is 0. The molecule has 1 aromatic carbocycles. The summed E-state index contributed by atoms with van der Waals surface area (Å²) in [7, 11) is 0. The number of benzene rings is 1. The van der Waals surface area contributed by atoms with E-state index in [1.165, 1.54) is 0 Å². The maximum atomic E-state index is 12.5. The number of quaternary nitrogens is 1. The first-order chi connectivity index (χ1) is 9.95. The topological polar surface area (TPSA) is 74.6 Å². The molecule has 2 N–H and O–H groups in total. The number of ketones is 1. The number of carbonyl (C=O) groups excluding carboxylic acids is 2. The number of rotatable bonds is 5. The summed E-state index contributed by atoms with van der Waals surface area (Å²) in [5.74, 6) is -0.497. The van der Waals surface area contributed by atoms with Crippen LogP contribution in [-0.4, -0.2) is 27.3 Å². The van der Waals surface area contributed by atoms with Crippen LogP contribution in [-0.2, 0) is 4.79 Å². The van der Waals surface area contributed by atoms with Gasteiger partial charge >= 0.3 is 0 Å². The molecule has 0 saturated carbocycles. The minimum Gasteiger partial charge on any atom is -0.298 e. The fraction of sp³-hybridized carbons (Fsp3) is 0.250. The summed E-state index contributed by atoms with van der Waals surface area (Å²) in [6.45, 7) is 3.42. The van der Waals surface area contributed by atoms with E-state index < -0.39 is 10.6 Å². The second-order valence-corrected chi connectivity index (χ2v) is 5.00. The average Bonchev–Trinajstić information content (AvgIpc) is 2.66. The normalized spacial score (nSPS) is 17.3. The van der Waals surface area contributed by atoms with Crippen LogP contribution in [0.25, 0.3) is 0 Å². The van der Waals surface area contributed by atoms with Crippen molar-refractivity contribution >= 4 is 12.1 Å². The van der Waals surface area contributed by atoms with E-state index in [1.807, 2.05) is 6.92 Å². The van der Waals surface area contributed by atoms with Gasteiger partial charge in [0.15, 0.2) is 12.0 Å². The minimum absolute atomic E-state index is 0.143. The molecule has 0 atom stereocenters. The lowest BCUT2D eigenvalue weighted by atomic mass is 10.0. The predicted octanol–water partition coefficient (Wildman–Crippen LogP) is 3.01. The third-order valence-electron chi connectivity index (χ3n) is 3.61. The van der Waals surface area contributed by atoms with Crippen molar-refractivity contribution in [2.75, 3.05) is 0 Å². The second kappa shape index (κ2) is 5.73. The largest absolute Gasteiger partial charge is 0.298 e. The van der Waals surface area contributed by atoms with E-state index in [-0.39, 0.29) is 17.0 Å². The first-order valence-electron chi connectivity index (χ1n) is 6.80. The smallest absolute Gasteiger partial charge is 0.256 e. The molecule has 2 rings (SSSR count). The highest BCUT2D eigenvalue weighted by Crippen LogP contribution is 2.39. The number of allylic oxidation sites excluding steroid dienone is 4. The molecule has 1 aliphatic rings. The van der Waals surface area contributed by atoms with Gasteiger partial charge in [0.2, 0.25) is 0 Å². The van der Waals surface area contributed by atoms with Gasteiger partial charge in [0.05, 0.1) is 5.57 Å². The molecule has 1 heterocycles. The zero-order valence-corrected chi connectivity index (χ0v) is 12.0. The second-order valence-electron chi connectivity index (χ2n) is 5.00. The molecule has 0 amide bonds. The third kappa shape index (κ3) is 2.47. The van der Waals surface area contributed by atoms with Crippen molar-refractivity contribution in [2.24, 2.45) is 0 Å². The van der Waals surface area contributed by atoms with Crippen LogP contribution in [0, 0.1) is 0 Å². The van der Waals surface area contributed by atoms with E-state index in [1.54, 1.807) is 37.3 Å². The lowest BCUT2D eigenvalue weighted by Gasteiger charge is -2.20. The van der Waals surface area contributed by atoms with Crippen LogP contribution in [0.3, 0.4) is 0 Å². The van der Waals surface area contributed by atoms with Gasteiger partial charge in [0, 0.05) is 22.4 Å². The Labute approximate surface area is 122 Å². The highest BCUT2D eigenvalue weighted by atomic mass is 16.8. The van der Waals surface area contributed by atoms with E-state index >= 15 is 0 Å². The summed E-state index contributed by atoms with van der Waals surface area (Å²) in [5, 5.41) is 20.7. The van der Waals surface area contributed by atoms with Crippen molar-refractivity contribution in [3.05, 3.63) is 58.4 Å². The Kier molecular flexibility index (Phi) is 4.18. The Bertz CT molecular complexity index is 642. The van der Waals surface area contributed by atoms with Crippen LogP contribution in [0.4, 0.5) is 0 Å². The maximum absolute atomic E-state index is 12.5. The van der Waals surface area contributed by atoms with Gasteiger partial charge < -0.3 is 0 Å². The van der Waals surface area contributed by atoms with Crippen LogP contribution in [0.15, 0.2) is 52.9 Å². The number of nitrogens with zero attached hydrogens (tertiary/aromatic N) is 1. The van der Waals surface area contributed by atoms with Crippen molar-refractivity contribution in [1.82, 2.24) is 0 Å². The molecule has 0 aliphatic carbocycles. The molecular formula is C16H18NO4+. The standard InChI is InChI=1S/C16H18NO4/c1-3-7-14-13(10-18)11(2)15(17(14,20)21)16(19)12-8-5-4-6-9-12/h4-6,8-10,20-21H,3,7H2,1-2H3/q+1. The van der Waals surface area contributed by atoms with Crippen LogP contribution < -0.4 is 0 Å². The molecular weight excluding hydrogens is 270 g/mol. The van der Waals surface area contributed by atoms with Crippen LogP contribution in [0.5, 0.6) is 0 Å². The quantitative estimate of drug-likeness (QED) is 0.496. The van der Waals surface area contributed by atoms with Gasteiger partial charge in [-0.1, -0.05) is 37.3 Å². The van der Waals surface area contributed by atoms with Gasteiger partial charge in [-0.05, 0) is 13.3 Å². The molecule has 0 spiro atoms. The fourth-order valence-electron chi connectivity index (χ4n) is 2.60. The van der Waals surface area contributed by atoms with Gasteiger partial charge in [-0.2, -0.15) is 10.4 Å². The molecule has 0 radical (unpaired) electrons. The Balaban J connectivity index is 2.53. The van der Waals surface area contributed by atoms with Crippen molar-refractivity contribution in [1.29, 1.82) is 0 Å². The highest BCUT2D eigenvalue weighted by molar-refractivity contribution is 6.09. The Hall–Kier alpha value is -2.08. The molecule has 21 heavy (non-hydrogen) atoms. The fourth-order valence-corrected chi connectivity index (χ4v) is 2.60. The first kappa shape index (κ1) is 15.3. The van der Waals surface area contributed by atoms with E-state index in [0.29, 0.717) is 30.3 Å². The minimum atomic E-state index is -1.62. The number of hydrogen-bond donors (Lipinski definition) is 2. The summed E-state index contributed by atoms with van der Waals surface area (Å²) < 4.78 is 0. The first-order valence-corrected chi connectivity index (χ1v) is 6.80. The van der Waals surface area contributed by atoms with E-state index in [2.05, 4.69) is 0 Å². The zero-order chi connectivity index (χ0) is 15.6. The van der Waals surface area contributed by atoms with E-state index in [4.69, 9.17) is 0 Å². The summed E-state index contributed by atoms with van der Waals surface area (Å²) in [4.78, 5) is 22.2. The van der Waals surface area contributed by atoms with Crippen molar-refractivity contribution < 1.29 is 24.8 Å². The molecule has 0 unspecified atom stereocenters. The average molecular weight is 288 g/mol. The van der Waals surface area contributed by atoms with Crippen molar-refractivity contribution in [3.8, 4) is 0 Å². The van der Waals surface area contributed by atoms with Gasteiger partial charge in [0.1, 0.15) is 0 Å². The third-order valence-corrected chi connectivity index (χ3v) is 3.61. The number of carbonyl (C=O) groups is 2. The summed E-state index contributed by atoms with van der Waals surface area (Å²) in [6, 6.07) is 8.36. The van der Waals surface area contributed by atoms with Crippen LogP contribution in [0.2, 0.25) is 0 Å². The molecule has 0 fully saturated rings. The monoisotopic (exact) mass is 288 g/mol. The van der Waals surface area contributed by atoms with E-state index in [0.717, 1.165) is 0 Å². The molecule has 5 nitrogen and oxygen atoms in total. The van der Waals surface area contributed by atoms with Gasteiger partial charge in [-0.3, -0.25) is 9.59 Å². The molecule has 0 bridgehead atoms. The SMILES string of the molecule is CCCC1=C(C=O)C(C)=C(C(=O)c2ccccc2)[N+]1(O)O. The lowest BCUT2D eigenvalue weighted by Crippen LogP contribution is -2.40. The zero-order valence-electron chi connectivity index (χ0n) is 12.0. The molecule has 0 aromatic heterocycles. The Morgan fingerprint density at radius 3 is 2.38 bits per heavy atom. The molecule has 1 aromatic rings. The Morgan fingerprint density at radius 1 is 1.24 bits per heavy atom. The number of Topliss-reactive ketones (excluding diaryl/α,β-unsaturated/α-hetero) is 1. The molecule has 0 saturated heterocycles.